The van der Waals surface area contributed by atoms with Crippen molar-refractivity contribution < 1.29 is 0 Å². The molecule has 0 aromatic heterocycles. The molecule has 0 unspecified atom stereocenters. The Hall–Kier alpha value is -0.260. The number of allylic oxidation sites excluding steroid dienone is 2. The fourth-order valence-corrected chi connectivity index (χ4v) is 2.53. The van der Waals surface area contributed by atoms with Crippen molar-refractivity contribution in [1.82, 2.24) is 0 Å². The summed E-state index contributed by atoms with van der Waals surface area (Å²) in [7, 11) is 0. The average Bonchev–Trinajstić information content (AvgIpc) is 2.52. The molecule has 0 spiro atoms. The van der Waals surface area contributed by atoms with Crippen LogP contribution in [0.2, 0.25) is 0 Å². The Kier molecular flexibility index (Phi) is 1.07. The van der Waals surface area contributed by atoms with Crippen LogP contribution in [0.4, 0.5) is 0 Å². The Bertz CT molecular complexity index is 188. The van der Waals surface area contributed by atoms with Gasteiger partial charge in [-0.15, -0.1) is 0 Å². The number of hydrogen-bond donors (Lipinski definition) is 0. The van der Waals surface area contributed by atoms with Crippen LogP contribution in [0, 0.1) is 17.3 Å². The molecule has 0 aliphatic heterocycles. The third kappa shape index (κ3) is 0.574. The zero-order chi connectivity index (χ0) is 7.35. The van der Waals surface area contributed by atoms with Gasteiger partial charge in [0.05, 0.1) is 0 Å². The molecule has 0 N–H and O–H groups in total. The van der Waals surface area contributed by atoms with Gasteiger partial charge in [-0.05, 0) is 37.0 Å². The van der Waals surface area contributed by atoms with Gasteiger partial charge in [-0.2, -0.15) is 0 Å². The van der Waals surface area contributed by atoms with E-state index in [4.69, 9.17) is 0 Å². The van der Waals surface area contributed by atoms with Gasteiger partial charge in [0.25, 0.3) is 0 Å². The van der Waals surface area contributed by atoms with E-state index in [0.717, 1.165) is 17.3 Å². The molecule has 0 bridgehead atoms. The highest BCUT2D eigenvalue weighted by atomic mass is 14.6. The van der Waals surface area contributed by atoms with Crippen LogP contribution >= 0.6 is 0 Å². The number of hydrogen-bond acceptors (Lipinski definition) is 0. The Labute approximate surface area is 63.3 Å². The van der Waals surface area contributed by atoms with Gasteiger partial charge in [-0.1, -0.05) is 25.5 Å². The minimum absolute atomic E-state index is 0.740. The van der Waals surface area contributed by atoms with E-state index < -0.39 is 0 Å². The molecule has 1 fully saturated rings. The Balaban J connectivity index is 2.17. The molecule has 0 amide bonds. The lowest BCUT2D eigenvalue weighted by Crippen LogP contribution is -2.08. The van der Waals surface area contributed by atoms with Crippen molar-refractivity contribution in [2.24, 2.45) is 17.3 Å². The van der Waals surface area contributed by atoms with E-state index in [1.54, 1.807) is 5.57 Å². The molecule has 2 aliphatic rings. The highest BCUT2D eigenvalue weighted by Crippen LogP contribution is 2.67. The highest BCUT2D eigenvalue weighted by molar-refractivity contribution is 5.28. The van der Waals surface area contributed by atoms with E-state index in [1.165, 1.54) is 12.8 Å². The van der Waals surface area contributed by atoms with Crippen molar-refractivity contribution in [2.45, 2.75) is 33.6 Å². The topological polar surface area (TPSA) is 0 Å². The van der Waals surface area contributed by atoms with Crippen LogP contribution < -0.4 is 0 Å². The van der Waals surface area contributed by atoms with Crippen LogP contribution in [0.5, 0.6) is 0 Å². The normalized spacial score (nSPS) is 43.6. The molecule has 0 heterocycles. The first-order valence-corrected chi connectivity index (χ1v) is 4.33. The first-order chi connectivity index (χ1) is 4.67. The van der Waals surface area contributed by atoms with Crippen LogP contribution in [0.15, 0.2) is 11.6 Å². The molecule has 0 heteroatoms. The van der Waals surface area contributed by atoms with E-state index in [0.29, 0.717) is 0 Å². The van der Waals surface area contributed by atoms with Crippen LogP contribution in [0.25, 0.3) is 0 Å². The zero-order valence-corrected chi connectivity index (χ0v) is 7.15. The molecule has 0 radical (unpaired) electrons. The minimum Gasteiger partial charge on any atom is -0.0847 e. The van der Waals surface area contributed by atoms with Gasteiger partial charge in [0.2, 0.25) is 0 Å². The van der Waals surface area contributed by atoms with E-state index in [1.807, 2.05) is 0 Å². The van der Waals surface area contributed by atoms with Crippen molar-refractivity contribution in [1.29, 1.82) is 0 Å². The first kappa shape index (κ1) is 6.45. The molecule has 2 aliphatic carbocycles. The van der Waals surface area contributed by atoms with E-state index >= 15 is 0 Å². The molecule has 1 saturated carbocycles. The standard InChI is InChI=1S/C10H16/c1-7(2)10-5-4-8(3)9(10)6-10/h4,7,9H,5-6H2,1-3H3/t9-,10+/m1/s1. The van der Waals surface area contributed by atoms with Crippen molar-refractivity contribution in [3.05, 3.63) is 11.6 Å². The summed E-state index contributed by atoms with van der Waals surface area (Å²) in [4.78, 5) is 0. The predicted molar refractivity (Wildman–Crippen MR) is 43.8 cm³/mol. The van der Waals surface area contributed by atoms with Gasteiger partial charge < -0.3 is 0 Å². The second-order valence-corrected chi connectivity index (χ2v) is 4.30. The number of rotatable bonds is 1. The highest BCUT2D eigenvalue weighted by Gasteiger charge is 2.58. The molecule has 0 aromatic rings. The summed E-state index contributed by atoms with van der Waals surface area (Å²) in [6.45, 7) is 7.03. The molecule has 10 heavy (non-hydrogen) atoms. The summed E-state index contributed by atoms with van der Waals surface area (Å²) in [5, 5.41) is 0. The second kappa shape index (κ2) is 1.66. The molecule has 56 valence electrons. The van der Waals surface area contributed by atoms with E-state index in [-0.39, 0.29) is 0 Å². The van der Waals surface area contributed by atoms with Gasteiger partial charge in [-0.3, -0.25) is 0 Å². The van der Waals surface area contributed by atoms with Crippen molar-refractivity contribution in [3.8, 4) is 0 Å². The largest absolute Gasteiger partial charge is 0.0847 e. The van der Waals surface area contributed by atoms with Crippen LogP contribution in [-0.4, -0.2) is 0 Å². The Morgan fingerprint density at radius 3 is 2.50 bits per heavy atom. The fraction of sp³-hybridized carbons (Fsp3) is 0.800. The molecule has 0 aromatic carbocycles. The maximum absolute atomic E-state index is 2.44. The molecule has 0 saturated heterocycles. The average molecular weight is 136 g/mol. The van der Waals surface area contributed by atoms with Gasteiger partial charge >= 0.3 is 0 Å². The van der Waals surface area contributed by atoms with E-state index in [9.17, 15) is 0 Å². The summed E-state index contributed by atoms with van der Waals surface area (Å²) >= 11 is 0. The molecule has 2 atom stereocenters. The SMILES string of the molecule is CC1=CC[C@@]2(C(C)C)C[C@H]12. The molecule has 0 nitrogen and oxygen atoms in total. The van der Waals surface area contributed by atoms with Gasteiger partial charge in [0, 0.05) is 0 Å². The second-order valence-electron chi connectivity index (χ2n) is 4.30. The lowest BCUT2D eigenvalue weighted by atomic mass is 9.89. The van der Waals surface area contributed by atoms with Crippen molar-refractivity contribution in [2.75, 3.05) is 0 Å². The smallest absolute Gasteiger partial charge is 0.0138 e. The molecular formula is C10H16. The van der Waals surface area contributed by atoms with Crippen molar-refractivity contribution >= 4 is 0 Å². The quantitative estimate of drug-likeness (QED) is 0.486. The Morgan fingerprint density at radius 2 is 2.30 bits per heavy atom. The van der Waals surface area contributed by atoms with Gasteiger partial charge in [-0.25, -0.2) is 0 Å². The van der Waals surface area contributed by atoms with Gasteiger partial charge in [0.1, 0.15) is 0 Å². The number of fused-ring (bicyclic) bond motifs is 1. The Morgan fingerprint density at radius 1 is 1.60 bits per heavy atom. The zero-order valence-electron chi connectivity index (χ0n) is 7.15. The van der Waals surface area contributed by atoms with Crippen molar-refractivity contribution in [3.63, 3.8) is 0 Å². The monoisotopic (exact) mass is 136 g/mol. The van der Waals surface area contributed by atoms with Crippen LogP contribution in [0.1, 0.15) is 33.6 Å². The first-order valence-electron chi connectivity index (χ1n) is 4.33. The third-order valence-electron chi connectivity index (χ3n) is 3.62. The van der Waals surface area contributed by atoms with E-state index in [2.05, 4.69) is 26.8 Å². The summed E-state index contributed by atoms with van der Waals surface area (Å²) in [6, 6.07) is 0. The predicted octanol–water partition coefficient (Wildman–Crippen LogP) is 3.00. The van der Waals surface area contributed by atoms with Crippen LogP contribution in [0.3, 0.4) is 0 Å². The lowest BCUT2D eigenvalue weighted by molar-refractivity contribution is 0.354. The van der Waals surface area contributed by atoms with Crippen LogP contribution in [-0.2, 0) is 0 Å². The molecular weight excluding hydrogens is 120 g/mol. The minimum atomic E-state index is 0.740. The van der Waals surface area contributed by atoms with Gasteiger partial charge in [0.15, 0.2) is 0 Å². The maximum atomic E-state index is 2.44. The summed E-state index contributed by atoms with van der Waals surface area (Å²) in [5.41, 5.74) is 2.40. The third-order valence-corrected chi connectivity index (χ3v) is 3.62. The lowest BCUT2D eigenvalue weighted by Gasteiger charge is -2.15. The summed E-state index contributed by atoms with van der Waals surface area (Å²) in [6.07, 6.45) is 5.28. The molecule has 2 rings (SSSR count). The summed E-state index contributed by atoms with van der Waals surface area (Å²) < 4.78 is 0. The summed E-state index contributed by atoms with van der Waals surface area (Å²) in [5.74, 6) is 1.87. The fourth-order valence-electron chi connectivity index (χ4n) is 2.53. The maximum Gasteiger partial charge on any atom is -0.0138 e.